The summed E-state index contributed by atoms with van der Waals surface area (Å²) in [6, 6.07) is 11.7. The maximum atomic E-state index is 12.9. The average Bonchev–Trinajstić information content (AvgIpc) is 3.12. The summed E-state index contributed by atoms with van der Waals surface area (Å²) in [5, 5.41) is 8.33. The molecule has 0 atom stereocenters. The Hall–Kier alpha value is -2.68. The third-order valence-electron chi connectivity index (χ3n) is 4.49. The van der Waals surface area contributed by atoms with E-state index in [1.165, 1.54) is 21.4 Å². The number of nitrogens with zero attached hydrogens (tertiary/aromatic N) is 4. The second-order valence-corrected chi connectivity index (χ2v) is 9.15. The van der Waals surface area contributed by atoms with Gasteiger partial charge in [0.2, 0.25) is 15.5 Å². The van der Waals surface area contributed by atoms with E-state index in [4.69, 9.17) is 23.2 Å². The topological polar surface area (TPSA) is 86.3 Å². The Balaban J connectivity index is 1.80. The Bertz CT molecular complexity index is 1390. The Morgan fingerprint density at radius 2 is 1.72 bits per heavy atom. The van der Waals surface area contributed by atoms with E-state index in [1.54, 1.807) is 49.4 Å². The minimum atomic E-state index is -3.84. The van der Waals surface area contributed by atoms with E-state index >= 15 is 0 Å². The van der Waals surface area contributed by atoms with Crippen molar-refractivity contribution in [1.29, 1.82) is 0 Å². The van der Waals surface area contributed by atoms with E-state index in [0.717, 1.165) is 5.56 Å². The summed E-state index contributed by atoms with van der Waals surface area (Å²) in [7, 11) is -3.84. The molecule has 0 amide bonds. The number of hydrogen-bond donors (Lipinski definition) is 0. The lowest BCUT2D eigenvalue weighted by molar-refractivity contribution is 0.584. The summed E-state index contributed by atoms with van der Waals surface area (Å²) in [5.41, 5.74) is 1.25. The fourth-order valence-corrected chi connectivity index (χ4v) is 4.66. The third kappa shape index (κ3) is 3.55. The zero-order valence-electron chi connectivity index (χ0n) is 15.1. The molecular formula is C19H14Cl2N4O3S. The number of fused-ring (bicyclic) bond motifs is 1. The van der Waals surface area contributed by atoms with Crippen LogP contribution in [0, 0.1) is 6.92 Å². The molecule has 0 aliphatic heterocycles. The van der Waals surface area contributed by atoms with Gasteiger partial charge in [0, 0.05) is 22.4 Å². The van der Waals surface area contributed by atoms with Gasteiger partial charge in [-0.2, -0.15) is 0 Å². The molecule has 0 spiro atoms. The van der Waals surface area contributed by atoms with Gasteiger partial charge >= 0.3 is 5.56 Å². The van der Waals surface area contributed by atoms with E-state index in [0.29, 0.717) is 21.3 Å². The van der Waals surface area contributed by atoms with E-state index in [2.05, 4.69) is 10.2 Å². The van der Waals surface area contributed by atoms with Gasteiger partial charge < -0.3 is 0 Å². The molecule has 0 N–H and O–H groups in total. The maximum Gasteiger partial charge on any atom is 0.300 e. The molecule has 2 aromatic heterocycles. The summed E-state index contributed by atoms with van der Waals surface area (Å²) in [5.74, 6) is -0.290. The molecule has 0 aliphatic rings. The van der Waals surface area contributed by atoms with Gasteiger partial charge in [-0.05, 0) is 42.3 Å². The lowest BCUT2D eigenvalue weighted by Crippen LogP contribution is -2.21. The summed E-state index contributed by atoms with van der Waals surface area (Å²) in [6.45, 7) is 1.79. The van der Waals surface area contributed by atoms with Gasteiger partial charge in [0.1, 0.15) is 0 Å². The number of rotatable bonds is 4. The van der Waals surface area contributed by atoms with Gasteiger partial charge in [-0.15, -0.1) is 10.2 Å². The normalized spacial score (nSPS) is 11.8. The monoisotopic (exact) mass is 448 g/mol. The molecule has 29 heavy (non-hydrogen) atoms. The summed E-state index contributed by atoms with van der Waals surface area (Å²) >= 11 is 12.0. The predicted molar refractivity (Wildman–Crippen MR) is 111 cm³/mol. The van der Waals surface area contributed by atoms with Crippen molar-refractivity contribution in [2.75, 3.05) is 0 Å². The zero-order valence-corrected chi connectivity index (χ0v) is 17.4. The third-order valence-corrected chi connectivity index (χ3v) is 6.70. The van der Waals surface area contributed by atoms with Crippen LogP contribution in [0.1, 0.15) is 11.1 Å². The van der Waals surface area contributed by atoms with Crippen LogP contribution < -0.4 is 5.56 Å². The fraction of sp³-hybridized carbons (Fsp3) is 0.105. The molecule has 0 bridgehead atoms. The first-order valence-electron chi connectivity index (χ1n) is 8.47. The van der Waals surface area contributed by atoms with Gasteiger partial charge in [-0.25, -0.2) is 8.42 Å². The van der Waals surface area contributed by atoms with E-state index < -0.39 is 15.4 Å². The molecule has 4 aromatic rings. The number of sulfone groups is 1. The van der Waals surface area contributed by atoms with Crippen molar-refractivity contribution in [3.8, 4) is 5.69 Å². The van der Waals surface area contributed by atoms with E-state index in [-0.39, 0.29) is 16.6 Å². The SMILES string of the molecule is Cc1c(Cl)cccc1-n1ccn2c(S(=O)(=O)Cc3ccc(Cl)cc3)nnc2c1=O. The minimum absolute atomic E-state index is 0.0958. The molecule has 0 saturated carbocycles. The summed E-state index contributed by atoms with van der Waals surface area (Å²) in [4.78, 5) is 12.9. The van der Waals surface area contributed by atoms with Gasteiger partial charge in [0.25, 0.3) is 5.16 Å². The molecule has 0 aliphatic carbocycles. The Kier molecular flexibility index (Phi) is 4.94. The largest absolute Gasteiger partial charge is 0.300 e. The first kappa shape index (κ1) is 19.6. The standard InChI is InChI=1S/C19H14Cl2N4O3S/c1-12-15(21)3-2-4-16(12)24-9-10-25-17(18(24)26)22-23-19(25)29(27,28)11-13-5-7-14(20)8-6-13/h2-10H,11H2,1H3. The van der Waals surface area contributed by atoms with Crippen LogP contribution in [0.3, 0.4) is 0 Å². The molecule has 10 heteroatoms. The lowest BCUT2D eigenvalue weighted by atomic mass is 10.2. The Labute approximate surface area is 176 Å². The van der Waals surface area contributed by atoms with Crippen molar-refractivity contribution in [3.05, 3.63) is 86.4 Å². The van der Waals surface area contributed by atoms with E-state index in [1.807, 2.05) is 0 Å². The Morgan fingerprint density at radius 3 is 2.45 bits per heavy atom. The molecule has 0 fully saturated rings. The van der Waals surface area contributed by atoms with Gasteiger partial charge in [0.05, 0.1) is 11.4 Å². The Morgan fingerprint density at radius 1 is 1.00 bits per heavy atom. The van der Waals surface area contributed by atoms with Crippen LogP contribution in [0.2, 0.25) is 10.0 Å². The highest BCUT2D eigenvalue weighted by atomic mass is 35.5. The molecule has 2 heterocycles. The zero-order chi connectivity index (χ0) is 20.8. The van der Waals surface area contributed by atoms with Gasteiger partial charge in [-0.3, -0.25) is 13.8 Å². The molecule has 0 unspecified atom stereocenters. The van der Waals surface area contributed by atoms with Crippen molar-refractivity contribution in [3.63, 3.8) is 0 Å². The molecule has 2 aromatic carbocycles. The quantitative estimate of drug-likeness (QED) is 0.476. The number of benzene rings is 2. The minimum Gasteiger partial charge on any atom is -0.279 e. The number of halogens is 2. The first-order chi connectivity index (χ1) is 13.8. The van der Waals surface area contributed by atoms with Crippen molar-refractivity contribution < 1.29 is 8.42 Å². The van der Waals surface area contributed by atoms with E-state index in [9.17, 15) is 13.2 Å². The fourth-order valence-electron chi connectivity index (χ4n) is 2.99. The second-order valence-electron chi connectivity index (χ2n) is 6.42. The molecule has 148 valence electrons. The van der Waals surface area contributed by atoms with Crippen molar-refractivity contribution >= 4 is 38.7 Å². The molecule has 4 rings (SSSR count). The average molecular weight is 449 g/mol. The van der Waals surface area contributed by atoms with Crippen LogP contribution >= 0.6 is 23.2 Å². The van der Waals surface area contributed by atoms with Crippen LogP contribution in [0.4, 0.5) is 0 Å². The highest BCUT2D eigenvalue weighted by Crippen LogP contribution is 2.22. The smallest absolute Gasteiger partial charge is 0.279 e. The van der Waals surface area contributed by atoms with Crippen molar-refractivity contribution in [1.82, 2.24) is 19.2 Å². The van der Waals surface area contributed by atoms with Crippen molar-refractivity contribution in [2.24, 2.45) is 0 Å². The highest BCUT2D eigenvalue weighted by Gasteiger charge is 2.24. The lowest BCUT2D eigenvalue weighted by Gasteiger charge is -2.10. The first-order valence-corrected chi connectivity index (χ1v) is 10.9. The van der Waals surface area contributed by atoms with Crippen LogP contribution in [0.15, 0.2) is 64.8 Å². The second kappa shape index (κ2) is 7.29. The molecule has 0 saturated heterocycles. The summed E-state index contributed by atoms with van der Waals surface area (Å²) in [6.07, 6.45) is 2.92. The number of hydrogen-bond acceptors (Lipinski definition) is 5. The molecule has 0 radical (unpaired) electrons. The van der Waals surface area contributed by atoms with Crippen molar-refractivity contribution in [2.45, 2.75) is 17.8 Å². The number of aromatic nitrogens is 4. The maximum absolute atomic E-state index is 12.9. The molecular weight excluding hydrogens is 435 g/mol. The van der Waals surface area contributed by atoms with Crippen LogP contribution in [-0.2, 0) is 15.6 Å². The summed E-state index contributed by atoms with van der Waals surface area (Å²) < 4.78 is 28.2. The van der Waals surface area contributed by atoms with Crippen LogP contribution in [0.25, 0.3) is 11.3 Å². The molecule has 7 nitrogen and oxygen atoms in total. The highest BCUT2D eigenvalue weighted by molar-refractivity contribution is 7.90. The van der Waals surface area contributed by atoms with Crippen LogP contribution in [0.5, 0.6) is 0 Å². The van der Waals surface area contributed by atoms with Gasteiger partial charge in [-0.1, -0.05) is 41.4 Å². The van der Waals surface area contributed by atoms with Gasteiger partial charge in [0.15, 0.2) is 0 Å². The predicted octanol–water partition coefficient (Wildman–Crippen LogP) is 3.47. The van der Waals surface area contributed by atoms with Crippen LogP contribution in [-0.4, -0.2) is 27.6 Å².